The van der Waals surface area contributed by atoms with Crippen molar-refractivity contribution in [1.29, 1.82) is 10.5 Å². The predicted molar refractivity (Wildman–Crippen MR) is 481 cm³/mol. The molecule has 0 spiro atoms. The molecule has 678 valence electrons. The largest absolute Gasteiger partial charge is 1.00 e. The third-order valence-electron chi connectivity index (χ3n) is 18.2. The van der Waals surface area contributed by atoms with Crippen LogP contribution in [0.5, 0.6) is 0 Å². The van der Waals surface area contributed by atoms with Gasteiger partial charge in [0.25, 0.3) is 11.8 Å². The van der Waals surface area contributed by atoms with Crippen LogP contribution in [0.3, 0.4) is 0 Å². The van der Waals surface area contributed by atoms with Crippen LogP contribution >= 0.6 is 58.8 Å². The second kappa shape index (κ2) is 50.2. The molecule has 2 aliphatic rings. The summed E-state index contributed by atoms with van der Waals surface area (Å²) in [4.78, 5) is 77.8. The topological polar surface area (TPSA) is 495 Å². The number of aromatic carboxylic acids is 2. The number of hydrogen-bond acceptors (Lipinski definition) is 27. The number of hydrogen-bond donors (Lipinski definition) is 12. The van der Waals surface area contributed by atoms with Gasteiger partial charge in [-0.15, -0.1) is 12.4 Å². The van der Waals surface area contributed by atoms with Gasteiger partial charge in [-0.2, -0.15) is 20.7 Å². The van der Waals surface area contributed by atoms with E-state index in [0.717, 1.165) is 36.0 Å². The van der Waals surface area contributed by atoms with Crippen molar-refractivity contribution in [3.05, 3.63) is 250 Å². The molecule has 2 fully saturated rings. The number of nitrogens with one attached hydrogen (secondary N) is 5. The zero-order valence-corrected chi connectivity index (χ0v) is 76.7. The molecule has 3 atom stereocenters. The van der Waals surface area contributed by atoms with Gasteiger partial charge in [0.2, 0.25) is 0 Å². The van der Waals surface area contributed by atoms with Gasteiger partial charge < -0.3 is 102 Å². The van der Waals surface area contributed by atoms with Gasteiger partial charge >= 0.3 is 19.1 Å². The fourth-order valence-electron chi connectivity index (χ4n) is 10.3. The summed E-state index contributed by atoms with van der Waals surface area (Å²) in [7, 11) is -0.456. The molecule has 0 aromatic carbocycles. The number of nitrogens with zero attached hydrogens (tertiary/aromatic N) is 14. The van der Waals surface area contributed by atoms with E-state index in [2.05, 4.69) is 88.8 Å². The van der Waals surface area contributed by atoms with E-state index in [1.807, 2.05) is 52.0 Å². The molecule has 0 saturated carbocycles. The van der Waals surface area contributed by atoms with Gasteiger partial charge in [-0.3, -0.25) is 34.5 Å². The van der Waals surface area contributed by atoms with Crippen molar-refractivity contribution in [2.75, 3.05) is 54.5 Å². The lowest BCUT2D eigenvalue weighted by Gasteiger charge is -2.32. The summed E-state index contributed by atoms with van der Waals surface area (Å²) in [6, 6.07) is 35.2. The number of pyridine rings is 8. The molecule has 12 aromatic heterocycles. The Kier molecular flexibility index (Phi) is 42.0. The van der Waals surface area contributed by atoms with Gasteiger partial charge in [0.05, 0.1) is 173 Å². The van der Waals surface area contributed by atoms with Gasteiger partial charge in [-0.1, -0.05) is 46.4 Å². The molecule has 14 heterocycles. The van der Waals surface area contributed by atoms with Crippen molar-refractivity contribution < 1.29 is 95.9 Å². The Bertz CT molecular complexity index is 5670. The summed E-state index contributed by atoms with van der Waals surface area (Å²) in [6.45, 7) is 17.4. The van der Waals surface area contributed by atoms with Crippen molar-refractivity contribution in [2.45, 2.75) is 129 Å². The summed E-state index contributed by atoms with van der Waals surface area (Å²) in [6.07, 6.45) is 19.0. The Morgan fingerprint density at radius 1 is 0.531 bits per heavy atom. The lowest BCUT2D eigenvalue weighted by molar-refractivity contribution is -0.00209. The number of fused-ring (bicyclic) bond motifs is 2. The number of nitriles is 2. The Balaban J connectivity index is 0.000000275. The Labute approximate surface area is 779 Å². The molecule has 0 radical (unpaired) electrons. The number of anilines is 7. The molecule has 128 heavy (non-hydrogen) atoms. The highest BCUT2D eigenvalue weighted by atomic mass is 127. The number of amides is 2. The first-order valence-corrected chi connectivity index (χ1v) is 39.8. The van der Waals surface area contributed by atoms with Crippen LogP contribution in [-0.2, 0) is 14.0 Å². The second-order valence-electron chi connectivity index (χ2n) is 30.0. The van der Waals surface area contributed by atoms with E-state index in [-0.39, 0.29) is 110 Å². The molecule has 12 aromatic rings. The summed E-state index contributed by atoms with van der Waals surface area (Å²) in [5.74, 6) is -3.26. The van der Waals surface area contributed by atoms with Crippen molar-refractivity contribution in [3.63, 3.8) is 0 Å². The van der Waals surface area contributed by atoms with Crippen LogP contribution in [0.15, 0.2) is 196 Å². The summed E-state index contributed by atoms with van der Waals surface area (Å²) < 4.78 is 60.6. The highest BCUT2D eigenvalue weighted by Gasteiger charge is 2.53. The van der Waals surface area contributed by atoms with E-state index in [4.69, 9.17) is 97.8 Å². The molecule has 0 bridgehead atoms. The highest BCUT2D eigenvalue weighted by Crippen LogP contribution is 2.37. The first kappa shape index (κ1) is 107. The third kappa shape index (κ3) is 33.2. The smallest absolute Gasteiger partial charge is 0.514 e. The number of aliphatic hydroxyl groups is 3. The average molecular weight is 1970 g/mol. The van der Waals surface area contributed by atoms with E-state index >= 15 is 0 Å². The molecule has 14 N–H and O–H groups in total. The van der Waals surface area contributed by atoms with E-state index in [0.29, 0.717) is 62.3 Å². The van der Waals surface area contributed by atoms with Crippen LogP contribution in [-0.4, -0.2) is 195 Å². The first-order chi connectivity index (χ1) is 59.5. The summed E-state index contributed by atoms with van der Waals surface area (Å²) in [5, 5.41) is 87.1. The lowest BCUT2D eigenvalue weighted by atomic mass is 9.85. The predicted octanol–water partition coefficient (Wildman–Crippen LogP) is 11.1. The maximum Gasteiger partial charge on any atom is 0.514 e. The maximum atomic E-state index is 14.2. The van der Waals surface area contributed by atoms with Crippen molar-refractivity contribution >= 4 is 146 Å². The number of alkyl halides is 3. The number of aromatic nitrogens is 12. The van der Waals surface area contributed by atoms with E-state index in [1.165, 1.54) is 97.4 Å². The van der Waals surface area contributed by atoms with Gasteiger partial charge in [0.1, 0.15) is 51.7 Å². The Morgan fingerprint density at radius 3 is 1.29 bits per heavy atom. The number of halogens is 9. The molecule has 43 heteroatoms. The third-order valence-corrected chi connectivity index (χ3v) is 19.1. The van der Waals surface area contributed by atoms with Crippen LogP contribution in [0.25, 0.3) is 22.4 Å². The number of carboxylic acids is 2. The molecule has 0 unspecified atom stereocenters. The van der Waals surface area contributed by atoms with Gasteiger partial charge in [-0.25, -0.2) is 46.7 Å². The minimum atomic E-state index is -1.64. The Morgan fingerprint density at radius 2 is 0.922 bits per heavy atom. The van der Waals surface area contributed by atoms with Crippen LogP contribution in [0, 0.1) is 22.7 Å². The fraction of sp³-hybridized carbons (Fsp3) is 0.294. The number of carbonyl (C=O) groups is 4. The van der Waals surface area contributed by atoms with Crippen LogP contribution in [0.1, 0.15) is 135 Å². The zero-order valence-electron chi connectivity index (χ0n) is 70.7. The molecular formula is C85H94BCl5F3IN21O12-. The van der Waals surface area contributed by atoms with Gasteiger partial charge in [0.15, 0.2) is 0 Å². The Hall–Kier alpha value is -11.6. The minimum absolute atomic E-state index is 0. The lowest BCUT2D eigenvalue weighted by Crippen LogP contribution is -3.00. The highest BCUT2D eigenvalue weighted by molar-refractivity contribution is 6.61. The molecule has 14 rings (SSSR count). The summed E-state index contributed by atoms with van der Waals surface area (Å²) >= 11 is 22.6. The number of nitrogens with two attached hydrogens (primary N) is 2. The molecular weight excluding hydrogens is 1880 g/mol. The number of rotatable bonds is 20. The average Bonchev–Trinajstić information content (AvgIpc) is 1.60. The van der Waals surface area contributed by atoms with Crippen molar-refractivity contribution in [2.24, 2.45) is 5.73 Å². The van der Waals surface area contributed by atoms with E-state index < -0.39 is 66.2 Å². The maximum absolute atomic E-state index is 14.2. The van der Waals surface area contributed by atoms with Gasteiger partial charge in [0, 0.05) is 75.5 Å². The van der Waals surface area contributed by atoms with Crippen molar-refractivity contribution in [3.8, 4) is 23.5 Å². The number of nitrogen functional groups attached to an aromatic ring is 1. The second-order valence-corrected chi connectivity index (χ2v) is 31.6. The molecule has 2 aliphatic heterocycles. The quantitative estimate of drug-likeness (QED) is 0.0192. The molecule has 33 nitrogen and oxygen atoms in total. The fourth-order valence-corrected chi connectivity index (χ4v) is 11.1. The summed E-state index contributed by atoms with van der Waals surface area (Å²) in [5.41, 5.74) is 13.9. The van der Waals surface area contributed by atoms with E-state index in [9.17, 15) is 42.6 Å². The molecule has 2 saturated heterocycles. The van der Waals surface area contributed by atoms with Crippen LogP contribution in [0.4, 0.5) is 53.0 Å². The monoisotopic (exact) mass is 1970 g/mol. The minimum Gasteiger partial charge on any atom is -1.00 e. The van der Waals surface area contributed by atoms with E-state index in [1.54, 1.807) is 132 Å². The van der Waals surface area contributed by atoms with Crippen molar-refractivity contribution in [1.82, 2.24) is 69.7 Å². The normalized spacial score (nSPS) is 13.3. The number of carboxylic acid groups (broad SMARTS) is 2. The zero-order chi connectivity index (χ0) is 92.7. The first-order valence-electron chi connectivity index (χ1n) is 38.3. The number of ether oxygens (including phenoxy) is 1. The molecule has 2 amide bonds. The van der Waals surface area contributed by atoms with Crippen LogP contribution < -0.4 is 67.6 Å². The number of carbonyl (C=O) groups excluding carboxylic acids is 2. The molecule has 0 aliphatic carbocycles. The standard InChI is InChI=1S/C24H22FN7O2.C16H18ClFN4O2.C14H16BN3O2.C11H8ClN3O2.C6H3Cl2NO2.C5H12FNO.C5H6N2.C4H8O.ClH.HI/c1-24(2,34)22(25)14-29-23(33)18-13-28-20(9-19(18)31-16-4-3-7-27-12-16)21-6-5-17-8-15(10-26)11-30-32(17)21;1-16(2,24)13(18)9-21-15(23)11-8-20-14(17)6-12(11)22-10-4-3-5-19-7-10;1-13(2)14(3,4)20-15(19-13)12-6-5-11-7-10(8-16)9-17-18(11)12;12-10-4-9(8(6-14-10)11(16)17)15-7-2-1-3-13-5-7;7-4-1-5(8)9-2-3(4)6(10)11;1-5(2,8)4(6)3-7;6-5-2-1-3-7-4-5;1-2-4-5-3-1;;/h3-9,11-13,22,34H,14H2,1-2H3,(H,28,31)(H,29,33);3-8,13,24H,9H2,1-2H3,(H,20,22)(H,21,23);5-7,9H,1-4H3;1-6H,(H,14,15)(H,16,17);1-2H,(H,10,11);4,8H,3,7H2,1-2H3;1-4H,6H2;1-4H2;2*1H/p-1/t22-;13-;;;;4-;;;;/m11...1..../s1. The van der Waals surface area contributed by atoms with Gasteiger partial charge in [-0.05, 0) is 191 Å². The SMILES string of the molecule is C1CCOC1.CC(C)(O)[C@H](F)CN.CC(C)(O)[C@H](F)CNC(=O)c1cnc(-c2ccc3cc(C#N)cnn23)cc1Nc1cccnc1.CC(C)(O)[C@H](F)CNC(=O)c1cnc(Cl)cc1Nc1cccnc1.CC1(C)OB(c2ccc3cc(C#N)cnn23)OC1(C)C.Cl.Nc1cccnc1.O=C(O)c1cnc(Cl)cc1Cl.O=C(O)c1cnc(Cl)cc1Nc1cccnc1.[I-]. The van der Waals surface area contributed by atoms with Crippen LogP contribution in [0.2, 0.25) is 20.5 Å².